The summed E-state index contributed by atoms with van der Waals surface area (Å²) in [6, 6.07) is 10.0. The lowest BCUT2D eigenvalue weighted by Crippen LogP contribution is -2.49. The highest BCUT2D eigenvalue weighted by molar-refractivity contribution is 7.90. The average Bonchev–Trinajstić information content (AvgIpc) is 3.02. The molecule has 1 heterocycles. The topological polar surface area (TPSA) is 104 Å². The van der Waals surface area contributed by atoms with Gasteiger partial charge >= 0.3 is 0 Å². The highest BCUT2D eigenvalue weighted by Gasteiger charge is 2.41. The third-order valence-corrected chi connectivity index (χ3v) is 8.31. The van der Waals surface area contributed by atoms with Crippen molar-refractivity contribution in [1.29, 1.82) is 0 Å². The van der Waals surface area contributed by atoms with Crippen LogP contribution in [0.15, 0.2) is 47.4 Å². The fourth-order valence-corrected chi connectivity index (χ4v) is 6.02. The van der Waals surface area contributed by atoms with Gasteiger partial charge in [0, 0.05) is 41.7 Å². The first kappa shape index (κ1) is 27.0. The minimum Gasteiger partial charge on any atom is -0.354 e. The number of hydrogen-bond donors (Lipinski definition) is 1. The zero-order valence-corrected chi connectivity index (χ0v) is 21.8. The minimum atomic E-state index is -4.05. The molecule has 0 spiro atoms. The van der Waals surface area contributed by atoms with Crippen LogP contribution in [0, 0.1) is 0 Å². The summed E-state index contributed by atoms with van der Waals surface area (Å²) in [5, 5.41) is 3.48. The molecule has 0 bridgehead atoms. The van der Waals surface area contributed by atoms with E-state index in [0.717, 1.165) is 6.42 Å². The van der Waals surface area contributed by atoms with Gasteiger partial charge in [0.15, 0.2) is 0 Å². The van der Waals surface area contributed by atoms with E-state index in [0.29, 0.717) is 32.9 Å². The molecule has 11 heteroatoms. The molecule has 0 aliphatic carbocycles. The van der Waals surface area contributed by atoms with E-state index in [1.54, 1.807) is 31.2 Å². The maximum absolute atomic E-state index is 13.4. The van der Waals surface area contributed by atoms with E-state index >= 15 is 0 Å². The Morgan fingerprint density at radius 3 is 2.31 bits per heavy atom. The van der Waals surface area contributed by atoms with Gasteiger partial charge in [0.1, 0.15) is 10.9 Å². The standard InChI is InChI=1S/C24H27Cl2N3O5S/c1-3-13-27-23(31)20(4-2)28(15-17-18(25)9-7-10-19(17)26)22(30)12-14-29-24(32)16-8-5-6-11-21(16)35(29,33)34/h5-11,20H,3-4,12-15H2,1-2H3,(H,27,31)/t20-/m1/s1. The van der Waals surface area contributed by atoms with Crippen LogP contribution < -0.4 is 5.32 Å². The number of hydrogen-bond acceptors (Lipinski definition) is 5. The number of nitrogens with one attached hydrogen (secondary N) is 1. The van der Waals surface area contributed by atoms with Crippen molar-refractivity contribution in [3.63, 3.8) is 0 Å². The van der Waals surface area contributed by atoms with Crippen molar-refractivity contribution < 1.29 is 22.8 Å². The van der Waals surface area contributed by atoms with Gasteiger partial charge in [-0.1, -0.05) is 55.2 Å². The molecule has 0 unspecified atom stereocenters. The van der Waals surface area contributed by atoms with Crippen LogP contribution in [0.3, 0.4) is 0 Å². The number of sulfonamides is 1. The zero-order chi connectivity index (χ0) is 25.8. The number of carbonyl (C=O) groups is 3. The molecule has 35 heavy (non-hydrogen) atoms. The normalized spacial score (nSPS) is 15.0. The van der Waals surface area contributed by atoms with Crippen LogP contribution in [0.1, 0.15) is 49.0 Å². The summed E-state index contributed by atoms with van der Waals surface area (Å²) >= 11 is 12.6. The summed E-state index contributed by atoms with van der Waals surface area (Å²) in [5.41, 5.74) is 0.549. The molecule has 0 radical (unpaired) electrons. The Morgan fingerprint density at radius 2 is 1.71 bits per heavy atom. The summed E-state index contributed by atoms with van der Waals surface area (Å²) in [5.74, 6) is -1.51. The van der Waals surface area contributed by atoms with E-state index in [4.69, 9.17) is 23.2 Å². The molecule has 0 saturated carbocycles. The molecule has 2 aromatic carbocycles. The second-order valence-corrected chi connectivity index (χ2v) is 10.7. The fraction of sp³-hybridized carbons (Fsp3) is 0.375. The molecule has 188 valence electrons. The van der Waals surface area contributed by atoms with Crippen molar-refractivity contribution in [1.82, 2.24) is 14.5 Å². The maximum Gasteiger partial charge on any atom is 0.269 e. The highest BCUT2D eigenvalue weighted by atomic mass is 35.5. The summed E-state index contributed by atoms with van der Waals surface area (Å²) in [6.07, 6.45) is 0.732. The van der Waals surface area contributed by atoms with E-state index in [2.05, 4.69) is 5.32 Å². The Morgan fingerprint density at radius 1 is 1.06 bits per heavy atom. The second kappa shape index (κ2) is 11.4. The van der Waals surface area contributed by atoms with Gasteiger partial charge in [0.2, 0.25) is 11.8 Å². The fourth-order valence-electron chi connectivity index (χ4n) is 3.93. The summed E-state index contributed by atoms with van der Waals surface area (Å²) in [4.78, 5) is 40.3. The first-order valence-electron chi connectivity index (χ1n) is 11.3. The van der Waals surface area contributed by atoms with E-state index in [9.17, 15) is 22.8 Å². The maximum atomic E-state index is 13.4. The van der Waals surface area contributed by atoms with Crippen LogP contribution in [-0.4, -0.2) is 54.5 Å². The number of benzene rings is 2. The number of halogens is 2. The third kappa shape index (κ3) is 5.63. The lowest BCUT2D eigenvalue weighted by Gasteiger charge is -2.31. The van der Waals surface area contributed by atoms with E-state index in [-0.39, 0.29) is 35.9 Å². The summed E-state index contributed by atoms with van der Waals surface area (Å²) in [6.45, 7) is 3.74. The van der Waals surface area contributed by atoms with Crippen LogP contribution in [0.5, 0.6) is 0 Å². The summed E-state index contributed by atoms with van der Waals surface area (Å²) in [7, 11) is -4.05. The van der Waals surface area contributed by atoms with Crippen molar-refractivity contribution in [2.75, 3.05) is 13.1 Å². The predicted octanol–water partition coefficient (Wildman–Crippen LogP) is 3.86. The average molecular weight is 540 g/mol. The molecule has 3 rings (SSSR count). The molecule has 3 amide bonds. The molecule has 1 atom stereocenters. The van der Waals surface area contributed by atoms with Crippen LogP contribution in [0.2, 0.25) is 10.0 Å². The SMILES string of the molecule is CCCNC(=O)[C@@H](CC)N(Cc1c(Cl)cccc1Cl)C(=O)CCN1C(=O)c2ccccc2S1(=O)=O. The number of nitrogens with zero attached hydrogens (tertiary/aromatic N) is 2. The number of amides is 3. The molecule has 1 aliphatic heterocycles. The second-order valence-electron chi connectivity index (χ2n) is 8.07. The molecular formula is C24H27Cl2N3O5S. The van der Waals surface area contributed by atoms with E-state index < -0.39 is 27.9 Å². The van der Waals surface area contributed by atoms with Crippen molar-refractivity contribution in [3.05, 3.63) is 63.6 Å². The number of carbonyl (C=O) groups excluding carboxylic acids is 3. The Balaban J connectivity index is 1.86. The van der Waals surface area contributed by atoms with Crippen molar-refractivity contribution in [2.45, 2.75) is 50.6 Å². The lowest BCUT2D eigenvalue weighted by molar-refractivity contribution is -0.141. The van der Waals surface area contributed by atoms with Crippen molar-refractivity contribution >= 4 is 50.9 Å². The van der Waals surface area contributed by atoms with Gasteiger partial charge in [-0.15, -0.1) is 0 Å². The molecular weight excluding hydrogens is 513 g/mol. The van der Waals surface area contributed by atoms with Gasteiger partial charge in [-0.2, -0.15) is 0 Å². The Hall–Kier alpha value is -2.62. The Bertz CT molecular complexity index is 1220. The van der Waals surface area contributed by atoms with Gasteiger partial charge < -0.3 is 10.2 Å². The van der Waals surface area contributed by atoms with Crippen molar-refractivity contribution in [2.24, 2.45) is 0 Å². The first-order valence-corrected chi connectivity index (χ1v) is 13.5. The molecule has 1 N–H and O–H groups in total. The molecule has 0 fully saturated rings. The monoisotopic (exact) mass is 539 g/mol. The number of rotatable bonds is 10. The van der Waals surface area contributed by atoms with Gasteiger partial charge in [0.25, 0.3) is 15.9 Å². The predicted molar refractivity (Wildman–Crippen MR) is 134 cm³/mol. The minimum absolute atomic E-state index is 0.0453. The zero-order valence-electron chi connectivity index (χ0n) is 19.5. The van der Waals surface area contributed by atoms with Crippen LogP contribution >= 0.6 is 23.2 Å². The van der Waals surface area contributed by atoms with Crippen LogP contribution in [0.25, 0.3) is 0 Å². The van der Waals surface area contributed by atoms with Gasteiger partial charge in [-0.25, -0.2) is 12.7 Å². The van der Waals surface area contributed by atoms with Crippen molar-refractivity contribution in [3.8, 4) is 0 Å². The lowest BCUT2D eigenvalue weighted by atomic mass is 10.1. The molecule has 0 aromatic heterocycles. The van der Waals surface area contributed by atoms with Gasteiger partial charge in [-0.05, 0) is 37.1 Å². The quantitative estimate of drug-likeness (QED) is 0.493. The Kier molecular flexibility index (Phi) is 8.79. The van der Waals surface area contributed by atoms with Gasteiger partial charge in [-0.3, -0.25) is 14.4 Å². The summed E-state index contributed by atoms with van der Waals surface area (Å²) < 4.78 is 26.4. The first-order chi connectivity index (χ1) is 16.6. The van der Waals surface area contributed by atoms with E-state index in [1.807, 2.05) is 6.92 Å². The highest BCUT2D eigenvalue weighted by Crippen LogP contribution is 2.31. The molecule has 1 aliphatic rings. The molecule has 2 aromatic rings. The molecule has 8 nitrogen and oxygen atoms in total. The largest absolute Gasteiger partial charge is 0.354 e. The Labute approximate surface area is 215 Å². The molecule has 0 saturated heterocycles. The van der Waals surface area contributed by atoms with Crippen LogP contribution in [-0.2, 0) is 26.2 Å². The van der Waals surface area contributed by atoms with Gasteiger partial charge in [0.05, 0.1) is 5.56 Å². The van der Waals surface area contributed by atoms with Crippen LogP contribution in [0.4, 0.5) is 0 Å². The van der Waals surface area contributed by atoms with E-state index in [1.165, 1.54) is 23.1 Å². The third-order valence-electron chi connectivity index (χ3n) is 5.77. The number of fused-ring (bicyclic) bond motifs is 1. The smallest absolute Gasteiger partial charge is 0.269 e.